The molecule has 0 radical (unpaired) electrons. The molecule has 1 aromatic rings. The summed E-state index contributed by atoms with van der Waals surface area (Å²) < 4.78 is 14.0. The van der Waals surface area contributed by atoms with Crippen LogP contribution in [0.15, 0.2) is 23.2 Å². The topological polar surface area (TPSA) is 63.2 Å². The summed E-state index contributed by atoms with van der Waals surface area (Å²) in [5.41, 5.74) is 1.67. The van der Waals surface area contributed by atoms with Crippen molar-refractivity contribution in [1.29, 1.82) is 0 Å². The van der Waals surface area contributed by atoms with Crippen LogP contribution in [0.5, 0.6) is 0 Å². The van der Waals surface area contributed by atoms with Gasteiger partial charge in [-0.05, 0) is 51.6 Å². The number of likely N-dealkylation sites (N-methyl/N-ethyl adjacent to an activating group) is 1. The van der Waals surface area contributed by atoms with E-state index in [1.165, 1.54) is 6.07 Å². The van der Waals surface area contributed by atoms with Crippen LogP contribution in [0.1, 0.15) is 30.9 Å². The largest absolute Gasteiger partial charge is 0.357 e. The monoisotopic (exact) mass is 420 g/mol. The van der Waals surface area contributed by atoms with Crippen molar-refractivity contribution in [1.82, 2.24) is 25.3 Å². The van der Waals surface area contributed by atoms with Crippen LogP contribution in [0, 0.1) is 5.82 Å². The summed E-state index contributed by atoms with van der Waals surface area (Å²) in [4.78, 5) is 22.4. The maximum atomic E-state index is 14.0. The van der Waals surface area contributed by atoms with Gasteiger partial charge in [-0.2, -0.15) is 0 Å². The number of piperidine rings is 1. The third-order valence-corrected chi connectivity index (χ3v) is 5.15. The van der Waals surface area contributed by atoms with E-state index in [-0.39, 0.29) is 11.7 Å². The molecule has 7 nitrogen and oxygen atoms in total. The lowest BCUT2D eigenvalue weighted by atomic mass is 10.1. The van der Waals surface area contributed by atoms with Gasteiger partial charge in [-0.25, -0.2) is 9.38 Å². The number of likely N-dealkylation sites (tertiary alicyclic amines) is 1. The molecule has 168 valence electrons. The molecule has 8 heteroatoms. The predicted octanol–water partition coefficient (Wildman–Crippen LogP) is 1.50. The van der Waals surface area contributed by atoms with Gasteiger partial charge in [-0.3, -0.25) is 9.69 Å². The number of nitrogens with zero attached hydrogens (tertiary/aromatic N) is 4. The van der Waals surface area contributed by atoms with Crippen molar-refractivity contribution >= 4 is 11.9 Å². The van der Waals surface area contributed by atoms with Crippen LogP contribution in [0.4, 0.5) is 4.39 Å². The molecule has 1 aliphatic heterocycles. The summed E-state index contributed by atoms with van der Waals surface area (Å²) in [7, 11) is 7.44. The molecule has 0 saturated carbocycles. The van der Waals surface area contributed by atoms with Gasteiger partial charge in [-0.15, -0.1) is 0 Å². The van der Waals surface area contributed by atoms with Gasteiger partial charge in [0.1, 0.15) is 5.82 Å². The van der Waals surface area contributed by atoms with E-state index < -0.39 is 0 Å². The fourth-order valence-electron chi connectivity index (χ4n) is 3.44. The van der Waals surface area contributed by atoms with Gasteiger partial charge >= 0.3 is 0 Å². The lowest BCUT2D eigenvalue weighted by molar-refractivity contribution is -0.130. The number of amides is 1. The molecule has 1 fully saturated rings. The smallest absolute Gasteiger partial charge is 0.236 e. The van der Waals surface area contributed by atoms with E-state index in [2.05, 4.69) is 15.5 Å². The minimum Gasteiger partial charge on any atom is -0.357 e. The summed E-state index contributed by atoms with van der Waals surface area (Å²) in [6.07, 6.45) is 1.93. The van der Waals surface area contributed by atoms with E-state index in [4.69, 9.17) is 4.99 Å². The molecule has 1 aliphatic rings. The van der Waals surface area contributed by atoms with E-state index in [9.17, 15) is 9.18 Å². The Hall–Kier alpha value is -2.19. The molecule has 0 atom stereocenters. The molecule has 0 aliphatic carbocycles. The summed E-state index contributed by atoms with van der Waals surface area (Å²) >= 11 is 0. The van der Waals surface area contributed by atoms with E-state index >= 15 is 0 Å². The number of rotatable bonds is 8. The van der Waals surface area contributed by atoms with Crippen molar-refractivity contribution in [2.75, 3.05) is 54.4 Å². The average molecular weight is 421 g/mol. The zero-order valence-corrected chi connectivity index (χ0v) is 19.0. The Morgan fingerprint density at radius 2 is 1.93 bits per heavy atom. The molecule has 0 bridgehead atoms. The fourth-order valence-corrected chi connectivity index (χ4v) is 3.44. The van der Waals surface area contributed by atoms with E-state index in [1.54, 1.807) is 25.1 Å². The molecule has 30 heavy (non-hydrogen) atoms. The maximum Gasteiger partial charge on any atom is 0.236 e. The highest BCUT2D eigenvalue weighted by Crippen LogP contribution is 2.14. The van der Waals surface area contributed by atoms with Crippen molar-refractivity contribution in [2.45, 2.75) is 38.9 Å². The highest BCUT2D eigenvalue weighted by Gasteiger charge is 2.22. The number of aliphatic imine (C=N–C) groups is 1. The van der Waals surface area contributed by atoms with Crippen LogP contribution in [-0.4, -0.2) is 87.0 Å². The molecule has 2 N–H and O–H groups in total. The van der Waals surface area contributed by atoms with Crippen molar-refractivity contribution in [2.24, 2.45) is 4.99 Å². The van der Waals surface area contributed by atoms with Gasteiger partial charge in [0.15, 0.2) is 5.96 Å². The second-order valence-electron chi connectivity index (χ2n) is 8.34. The number of nitrogens with one attached hydrogen (secondary N) is 2. The molecule has 0 unspecified atom stereocenters. The number of hydrogen-bond acceptors (Lipinski definition) is 4. The van der Waals surface area contributed by atoms with E-state index in [1.807, 2.05) is 32.0 Å². The van der Waals surface area contributed by atoms with Gasteiger partial charge in [0.25, 0.3) is 0 Å². The predicted molar refractivity (Wildman–Crippen MR) is 120 cm³/mol. The lowest BCUT2D eigenvalue weighted by Gasteiger charge is -2.33. The zero-order chi connectivity index (χ0) is 22.1. The molecule has 1 aromatic carbocycles. The lowest BCUT2D eigenvalue weighted by Crippen LogP contribution is -2.50. The minimum absolute atomic E-state index is 0.143. The number of carbonyl (C=O) groups excluding carboxylic acids is 1. The number of hydrogen-bond donors (Lipinski definition) is 2. The zero-order valence-electron chi connectivity index (χ0n) is 19.0. The summed E-state index contributed by atoms with van der Waals surface area (Å²) in [5.74, 6) is 0.740. The second-order valence-corrected chi connectivity index (χ2v) is 8.34. The van der Waals surface area contributed by atoms with Crippen LogP contribution < -0.4 is 10.6 Å². The minimum atomic E-state index is -0.180. The van der Waals surface area contributed by atoms with Gasteiger partial charge < -0.3 is 20.4 Å². The summed E-state index contributed by atoms with van der Waals surface area (Å²) in [5, 5.41) is 6.82. The van der Waals surface area contributed by atoms with Crippen molar-refractivity contribution < 1.29 is 9.18 Å². The van der Waals surface area contributed by atoms with Crippen LogP contribution >= 0.6 is 0 Å². The Morgan fingerprint density at radius 3 is 2.53 bits per heavy atom. The van der Waals surface area contributed by atoms with E-state index in [0.717, 1.165) is 44.0 Å². The first-order chi connectivity index (χ1) is 14.3. The number of halogens is 1. The highest BCUT2D eigenvalue weighted by molar-refractivity contribution is 5.80. The molecule has 1 amide bonds. The second kappa shape index (κ2) is 11.9. The third-order valence-electron chi connectivity index (χ3n) is 5.15. The molecular formula is C22H37FN6O. The summed E-state index contributed by atoms with van der Waals surface area (Å²) in [6, 6.07) is 5.53. The van der Waals surface area contributed by atoms with Crippen LogP contribution in [0.3, 0.4) is 0 Å². The van der Waals surface area contributed by atoms with Crippen molar-refractivity contribution in [3.63, 3.8) is 0 Å². The van der Waals surface area contributed by atoms with Gasteiger partial charge in [0.2, 0.25) is 5.91 Å². The van der Waals surface area contributed by atoms with Crippen LogP contribution in [0.2, 0.25) is 0 Å². The van der Waals surface area contributed by atoms with Crippen molar-refractivity contribution in [3.05, 3.63) is 35.1 Å². The number of benzene rings is 1. The summed E-state index contributed by atoms with van der Waals surface area (Å²) in [6.45, 7) is 6.14. The third kappa shape index (κ3) is 7.91. The Kier molecular flexibility index (Phi) is 9.52. The maximum absolute atomic E-state index is 14.0. The first-order valence-corrected chi connectivity index (χ1v) is 10.7. The first kappa shape index (κ1) is 24.1. The Bertz CT molecular complexity index is 714. The Labute approximate surface area is 180 Å². The Morgan fingerprint density at radius 1 is 1.23 bits per heavy atom. The fraction of sp³-hybridized carbons (Fsp3) is 0.636. The Balaban J connectivity index is 1.92. The average Bonchev–Trinajstić information content (AvgIpc) is 2.69. The standard InChI is InChI=1S/C22H37FN6O/c1-6-24-22(25-14-17-7-8-20(23)18(13-17)15-27(2)3)26-19-9-11-29(12-10-19)16-21(30)28(4)5/h7-8,13,19H,6,9-12,14-16H2,1-5H3,(H2,24,25,26). The molecule has 0 aromatic heterocycles. The van der Waals surface area contributed by atoms with E-state index in [0.29, 0.717) is 31.2 Å². The van der Waals surface area contributed by atoms with Crippen LogP contribution in [0.25, 0.3) is 0 Å². The quantitative estimate of drug-likeness (QED) is 0.493. The highest BCUT2D eigenvalue weighted by atomic mass is 19.1. The SMILES string of the molecule is CCNC(=NCc1ccc(F)c(CN(C)C)c1)NC1CCN(CC(=O)N(C)C)CC1. The molecule has 0 spiro atoms. The van der Waals surface area contributed by atoms with Gasteiger partial charge in [-0.1, -0.05) is 6.07 Å². The molecular weight excluding hydrogens is 383 g/mol. The molecule has 1 heterocycles. The normalized spacial score (nSPS) is 16.0. The number of carbonyl (C=O) groups is 1. The van der Waals surface area contributed by atoms with Gasteiger partial charge in [0, 0.05) is 51.9 Å². The van der Waals surface area contributed by atoms with Crippen LogP contribution in [-0.2, 0) is 17.9 Å². The first-order valence-electron chi connectivity index (χ1n) is 10.7. The number of guanidine groups is 1. The molecule has 2 rings (SSSR count). The molecule has 1 saturated heterocycles. The van der Waals surface area contributed by atoms with Gasteiger partial charge in [0.05, 0.1) is 13.1 Å². The van der Waals surface area contributed by atoms with Crippen molar-refractivity contribution in [3.8, 4) is 0 Å².